The van der Waals surface area contributed by atoms with Crippen molar-refractivity contribution in [3.8, 4) is 11.4 Å². The maximum atomic E-state index is 12.8. The molecular formula is C13H13FN2O2. The van der Waals surface area contributed by atoms with Crippen LogP contribution < -0.4 is 0 Å². The number of aromatic nitrogens is 2. The van der Waals surface area contributed by atoms with Crippen molar-refractivity contribution in [3.63, 3.8) is 0 Å². The van der Waals surface area contributed by atoms with Gasteiger partial charge in [0.25, 0.3) is 0 Å². The Bertz CT molecular complexity index is 548. The number of hydrogen-bond acceptors (Lipinski definition) is 4. The highest BCUT2D eigenvalue weighted by Crippen LogP contribution is 2.22. The molecule has 2 rings (SSSR count). The minimum Gasteiger partial charge on any atom is -0.338 e. The highest BCUT2D eigenvalue weighted by atomic mass is 19.1. The predicted octanol–water partition coefficient (Wildman–Crippen LogP) is 2.96. The van der Waals surface area contributed by atoms with Crippen molar-refractivity contribution in [2.75, 3.05) is 0 Å². The van der Waals surface area contributed by atoms with E-state index < -0.39 is 0 Å². The van der Waals surface area contributed by atoms with Crippen LogP contribution in [0.4, 0.5) is 4.39 Å². The first-order chi connectivity index (χ1) is 8.61. The number of carbonyl (C=O) groups is 1. The fourth-order valence-corrected chi connectivity index (χ4v) is 1.73. The molecule has 1 aromatic carbocycles. The molecule has 0 radical (unpaired) electrons. The van der Waals surface area contributed by atoms with Gasteiger partial charge in [0.2, 0.25) is 11.7 Å². The van der Waals surface area contributed by atoms with Gasteiger partial charge in [0, 0.05) is 5.56 Å². The van der Waals surface area contributed by atoms with Crippen LogP contribution in [0.2, 0.25) is 0 Å². The van der Waals surface area contributed by atoms with Gasteiger partial charge in [0.05, 0.1) is 5.92 Å². The average molecular weight is 248 g/mol. The Morgan fingerprint density at radius 3 is 2.61 bits per heavy atom. The molecule has 0 spiro atoms. The van der Waals surface area contributed by atoms with E-state index in [4.69, 9.17) is 4.52 Å². The fraction of sp³-hybridized carbons (Fsp3) is 0.308. The molecule has 1 heterocycles. The molecule has 5 heteroatoms. The van der Waals surface area contributed by atoms with Crippen molar-refractivity contribution in [2.45, 2.75) is 26.2 Å². The van der Waals surface area contributed by atoms with Crippen molar-refractivity contribution in [1.82, 2.24) is 10.1 Å². The third-order valence-corrected chi connectivity index (χ3v) is 2.74. The summed E-state index contributed by atoms with van der Waals surface area (Å²) in [4.78, 5) is 15.6. The molecule has 0 bridgehead atoms. The maximum Gasteiger partial charge on any atom is 0.237 e. The van der Waals surface area contributed by atoms with Crippen LogP contribution in [0.15, 0.2) is 28.8 Å². The zero-order valence-corrected chi connectivity index (χ0v) is 10.2. The molecule has 1 atom stereocenters. The van der Waals surface area contributed by atoms with Gasteiger partial charge < -0.3 is 4.52 Å². The largest absolute Gasteiger partial charge is 0.338 e. The summed E-state index contributed by atoms with van der Waals surface area (Å²) in [5.41, 5.74) is 0.657. The van der Waals surface area contributed by atoms with Gasteiger partial charge in [-0.05, 0) is 37.6 Å². The maximum absolute atomic E-state index is 12.8. The Labute approximate surface area is 104 Å². The van der Waals surface area contributed by atoms with Crippen molar-refractivity contribution in [1.29, 1.82) is 0 Å². The number of Topliss-reactive ketones (excluding diaryl/α,β-unsaturated/α-hetero) is 1. The van der Waals surface area contributed by atoms with E-state index in [9.17, 15) is 9.18 Å². The lowest BCUT2D eigenvalue weighted by molar-refractivity contribution is -0.119. The van der Waals surface area contributed by atoms with E-state index in [1.165, 1.54) is 19.1 Å². The smallest absolute Gasteiger partial charge is 0.237 e. The van der Waals surface area contributed by atoms with E-state index in [0.29, 0.717) is 23.7 Å². The predicted molar refractivity (Wildman–Crippen MR) is 63.4 cm³/mol. The summed E-state index contributed by atoms with van der Waals surface area (Å²) in [5.74, 6) is -0.0230. The van der Waals surface area contributed by atoms with Crippen LogP contribution in [0.5, 0.6) is 0 Å². The molecule has 1 aromatic heterocycles. The van der Waals surface area contributed by atoms with Crippen LogP contribution in [-0.2, 0) is 4.79 Å². The molecule has 94 valence electrons. The first kappa shape index (κ1) is 12.4. The van der Waals surface area contributed by atoms with E-state index in [2.05, 4.69) is 10.1 Å². The summed E-state index contributed by atoms with van der Waals surface area (Å²) in [7, 11) is 0. The second-order valence-electron chi connectivity index (χ2n) is 4.03. The highest BCUT2D eigenvalue weighted by molar-refractivity contribution is 5.82. The summed E-state index contributed by atoms with van der Waals surface area (Å²) in [6.07, 6.45) is 0.611. The average Bonchev–Trinajstić information content (AvgIpc) is 2.80. The van der Waals surface area contributed by atoms with E-state index in [1.807, 2.05) is 6.92 Å². The Kier molecular flexibility index (Phi) is 3.50. The quantitative estimate of drug-likeness (QED) is 0.834. The van der Waals surface area contributed by atoms with Crippen molar-refractivity contribution >= 4 is 5.78 Å². The number of hydrogen-bond donors (Lipinski definition) is 0. The third kappa shape index (κ3) is 2.45. The molecule has 0 aliphatic carbocycles. The molecule has 0 saturated heterocycles. The summed E-state index contributed by atoms with van der Waals surface area (Å²) in [6, 6.07) is 5.79. The molecule has 2 aromatic rings. The monoisotopic (exact) mass is 248 g/mol. The van der Waals surface area contributed by atoms with Crippen LogP contribution in [0.25, 0.3) is 11.4 Å². The number of halogens is 1. The van der Waals surface area contributed by atoms with Crippen LogP contribution in [-0.4, -0.2) is 15.9 Å². The molecule has 0 aliphatic heterocycles. The first-order valence-electron chi connectivity index (χ1n) is 5.71. The van der Waals surface area contributed by atoms with Crippen molar-refractivity contribution in [2.24, 2.45) is 0 Å². The Morgan fingerprint density at radius 1 is 1.39 bits per heavy atom. The lowest BCUT2D eigenvalue weighted by Crippen LogP contribution is -2.07. The SMILES string of the molecule is CCC(C(C)=O)c1nc(-c2ccc(F)cc2)no1. The number of nitrogens with zero attached hydrogens (tertiary/aromatic N) is 2. The number of ketones is 1. The number of carbonyl (C=O) groups excluding carboxylic acids is 1. The Hall–Kier alpha value is -2.04. The molecular weight excluding hydrogens is 235 g/mol. The van der Waals surface area contributed by atoms with Crippen molar-refractivity contribution in [3.05, 3.63) is 36.0 Å². The topological polar surface area (TPSA) is 56.0 Å². The normalized spacial score (nSPS) is 12.4. The van der Waals surface area contributed by atoms with Gasteiger partial charge in [-0.25, -0.2) is 4.39 Å². The summed E-state index contributed by atoms with van der Waals surface area (Å²) < 4.78 is 17.9. The number of benzene rings is 1. The number of rotatable bonds is 4. The molecule has 0 amide bonds. The first-order valence-corrected chi connectivity index (χ1v) is 5.71. The van der Waals surface area contributed by atoms with Crippen molar-refractivity contribution < 1.29 is 13.7 Å². The molecule has 0 fully saturated rings. The Morgan fingerprint density at radius 2 is 2.06 bits per heavy atom. The Balaban J connectivity index is 2.30. The van der Waals surface area contributed by atoms with Gasteiger partial charge in [-0.1, -0.05) is 12.1 Å². The highest BCUT2D eigenvalue weighted by Gasteiger charge is 2.21. The van der Waals surface area contributed by atoms with Crippen LogP contribution in [0.1, 0.15) is 32.1 Å². The van der Waals surface area contributed by atoms with Gasteiger partial charge in [-0.3, -0.25) is 4.79 Å². The lowest BCUT2D eigenvalue weighted by atomic mass is 10.0. The van der Waals surface area contributed by atoms with Gasteiger partial charge in [-0.2, -0.15) is 4.98 Å². The molecule has 0 aliphatic rings. The molecule has 0 saturated carbocycles. The van der Waals surface area contributed by atoms with Crippen LogP contribution in [0.3, 0.4) is 0 Å². The third-order valence-electron chi connectivity index (χ3n) is 2.74. The van der Waals surface area contributed by atoms with Gasteiger partial charge >= 0.3 is 0 Å². The minimum atomic E-state index is -0.369. The molecule has 18 heavy (non-hydrogen) atoms. The van der Waals surface area contributed by atoms with Gasteiger partial charge in [0.1, 0.15) is 11.6 Å². The van der Waals surface area contributed by atoms with E-state index in [1.54, 1.807) is 12.1 Å². The molecule has 4 nitrogen and oxygen atoms in total. The van der Waals surface area contributed by atoms with Crippen LogP contribution >= 0.6 is 0 Å². The second kappa shape index (κ2) is 5.08. The zero-order chi connectivity index (χ0) is 13.1. The second-order valence-corrected chi connectivity index (χ2v) is 4.03. The summed E-state index contributed by atoms with van der Waals surface area (Å²) in [6.45, 7) is 3.38. The van der Waals surface area contributed by atoms with Crippen LogP contribution in [0, 0.1) is 5.82 Å². The molecule has 0 N–H and O–H groups in total. The minimum absolute atomic E-state index is 0.00759. The molecule has 1 unspecified atom stereocenters. The standard InChI is InChI=1S/C13H13FN2O2/c1-3-11(8(2)17)13-15-12(16-18-13)9-4-6-10(14)7-5-9/h4-7,11H,3H2,1-2H3. The van der Waals surface area contributed by atoms with E-state index in [0.717, 1.165) is 0 Å². The zero-order valence-electron chi connectivity index (χ0n) is 10.2. The summed E-state index contributed by atoms with van der Waals surface area (Å²) >= 11 is 0. The van der Waals surface area contributed by atoms with E-state index >= 15 is 0 Å². The lowest BCUT2D eigenvalue weighted by Gasteiger charge is -2.03. The fourth-order valence-electron chi connectivity index (χ4n) is 1.73. The summed E-state index contributed by atoms with van der Waals surface area (Å²) in [5, 5.41) is 3.81. The van der Waals surface area contributed by atoms with E-state index in [-0.39, 0.29) is 17.5 Å². The van der Waals surface area contributed by atoms with Gasteiger partial charge in [-0.15, -0.1) is 0 Å². The van der Waals surface area contributed by atoms with Gasteiger partial charge in [0.15, 0.2) is 0 Å².